The van der Waals surface area contributed by atoms with Crippen molar-refractivity contribution in [2.45, 2.75) is 122 Å². The summed E-state index contributed by atoms with van der Waals surface area (Å²) in [4.78, 5) is 22.5. The molecule has 182 valence electrons. The third kappa shape index (κ3) is 30.9. The fourth-order valence-corrected chi connectivity index (χ4v) is 3.59. The van der Waals surface area contributed by atoms with Crippen LogP contribution in [0.15, 0.2) is 0 Å². The molecule has 0 amide bonds. The summed E-state index contributed by atoms with van der Waals surface area (Å²) >= 11 is 0. The van der Waals surface area contributed by atoms with Gasteiger partial charge in [-0.2, -0.15) is 8.42 Å². The van der Waals surface area contributed by atoms with E-state index in [0.29, 0.717) is 6.61 Å². The molecule has 0 aromatic rings. The maximum atomic E-state index is 11.4. The standard InChI is InChI=1S/C22H42O7S.2Na.2H/c1-2-3-4-5-6-7-8-9-10-11-12-13-14-15-16-17-20-28-21(23)18-19-22(24)29-30(25,26)27;;;;/h2-20H2,1H3,(H,25,26,27);;;;/q;2*+1;2*-1. The predicted octanol–water partition coefficient (Wildman–Crippen LogP) is 0.150. The second kappa shape index (κ2) is 26.5. The van der Waals surface area contributed by atoms with E-state index >= 15 is 0 Å². The maximum Gasteiger partial charge on any atom is 1.00 e. The van der Waals surface area contributed by atoms with Crippen LogP contribution in [0.25, 0.3) is 0 Å². The van der Waals surface area contributed by atoms with Crippen molar-refractivity contribution in [3.63, 3.8) is 0 Å². The first-order chi connectivity index (χ1) is 14.3. The van der Waals surface area contributed by atoms with E-state index in [2.05, 4.69) is 11.1 Å². The molecule has 0 radical (unpaired) electrons. The molecule has 7 nitrogen and oxygen atoms in total. The van der Waals surface area contributed by atoms with Gasteiger partial charge in [0.2, 0.25) is 0 Å². The first kappa shape index (κ1) is 37.4. The van der Waals surface area contributed by atoms with Crippen molar-refractivity contribution >= 4 is 22.3 Å². The minimum absolute atomic E-state index is 0. The Morgan fingerprint density at radius 2 is 1.00 bits per heavy atom. The van der Waals surface area contributed by atoms with Gasteiger partial charge in [-0.3, -0.25) is 14.1 Å². The van der Waals surface area contributed by atoms with E-state index in [0.717, 1.165) is 19.3 Å². The first-order valence-corrected chi connectivity index (χ1v) is 13.1. The topological polar surface area (TPSA) is 107 Å². The molecular formula is C22H44Na2O7S. The molecule has 0 heterocycles. The molecule has 0 fully saturated rings. The van der Waals surface area contributed by atoms with Gasteiger partial charge in [0.25, 0.3) is 0 Å². The van der Waals surface area contributed by atoms with E-state index in [4.69, 9.17) is 9.29 Å². The molecule has 0 rings (SSSR count). The summed E-state index contributed by atoms with van der Waals surface area (Å²) in [5.41, 5.74) is 0. The van der Waals surface area contributed by atoms with Crippen LogP contribution in [0.2, 0.25) is 0 Å². The molecule has 0 aliphatic heterocycles. The predicted molar refractivity (Wildman–Crippen MR) is 120 cm³/mol. The Morgan fingerprint density at radius 1 is 0.656 bits per heavy atom. The zero-order chi connectivity index (χ0) is 22.5. The number of rotatable bonds is 21. The normalized spacial score (nSPS) is 10.7. The zero-order valence-electron chi connectivity index (χ0n) is 22.7. The summed E-state index contributed by atoms with van der Waals surface area (Å²) in [6.45, 7) is 2.55. The van der Waals surface area contributed by atoms with E-state index < -0.39 is 28.8 Å². The fourth-order valence-electron chi connectivity index (χ4n) is 3.27. The summed E-state index contributed by atoms with van der Waals surface area (Å²) in [6, 6.07) is 0. The van der Waals surface area contributed by atoms with Gasteiger partial charge in [-0.25, -0.2) is 0 Å². The molecule has 0 saturated carbocycles. The maximum absolute atomic E-state index is 11.4. The van der Waals surface area contributed by atoms with Crippen molar-refractivity contribution in [2.75, 3.05) is 6.61 Å². The molecule has 0 aromatic heterocycles. The molecule has 0 spiro atoms. The van der Waals surface area contributed by atoms with Crippen LogP contribution < -0.4 is 59.1 Å². The number of ether oxygens (including phenoxy) is 1. The van der Waals surface area contributed by atoms with Gasteiger partial charge in [-0.15, -0.1) is 0 Å². The van der Waals surface area contributed by atoms with Crippen molar-refractivity contribution in [3.8, 4) is 0 Å². The van der Waals surface area contributed by atoms with Gasteiger partial charge in [0, 0.05) is 0 Å². The van der Waals surface area contributed by atoms with Crippen molar-refractivity contribution in [1.82, 2.24) is 0 Å². The van der Waals surface area contributed by atoms with Gasteiger partial charge in [0.15, 0.2) is 0 Å². The summed E-state index contributed by atoms with van der Waals surface area (Å²) in [6.07, 6.45) is 19.6. The van der Waals surface area contributed by atoms with Crippen molar-refractivity contribution in [1.29, 1.82) is 0 Å². The largest absolute Gasteiger partial charge is 1.00 e. The molecule has 1 N–H and O–H groups in total. The van der Waals surface area contributed by atoms with E-state index in [9.17, 15) is 18.0 Å². The summed E-state index contributed by atoms with van der Waals surface area (Å²) in [5.74, 6) is -1.76. The van der Waals surface area contributed by atoms with Crippen LogP contribution in [0.4, 0.5) is 0 Å². The van der Waals surface area contributed by atoms with Crippen LogP contribution >= 0.6 is 0 Å². The average molecular weight is 499 g/mol. The van der Waals surface area contributed by atoms with Gasteiger partial charge in [-0.05, 0) is 6.42 Å². The van der Waals surface area contributed by atoms with Gasteiger partial charge < -0.3 is 11.8 Å². The quantitative estimate of drug-likeness (QED) is 0.104. The van der Waals surface area contributed by atoms with Crippen LogP contribution in [-0.2, 0) is 28.9 Å². The number of carbonyl (C=O) groups is 2. The van der Waals surface area contributed by atoms with Gasteiger partial charge in [0.05, 0.1) is 19.4 Å². The fraction of sp³-hybridized carbons (Fsp3) is 0.909. The third-order valence-corrected chi connectivity index (χ3v) is 5.39. The van der Waals surface area contributed by atoms with E-state index in [1.807, 2.05) is 0 Å². The zero-order valence-corrected chi connectivity index (χ0v) is 25.6. The number of unbranched alkanes of at least 4 members (excludes halogenated alkanes) is 15. The molecular weight excluding hydrogens is 454 g/mol. The Hall–Kier alpha value is 0.850. The molecule has 10 heteroatoms. The number of hydrogen-bond acceptors (Lipinski definition) is 6. The van der Waals surface area contributed by atoms with E-state index in [-0.39, 0.29) is 68.4 Å². The smallest absolute Gasteiger partial charge is 1.00 e. The molecule has 0 aliphatic rings. The van der Waals surface area contributed by atoms with Crippen LogP contribution in [-0.4, -0.2) is 31.5 Å². The van der Waals surface area contributed by atoms with E-state index in [1.54, 1.807) is 0 Å². The third-order valence-electron chi connectivity index (χ3n) is 4.99. The molecule has 0 unspecified atom stereocenters. The Bertz CT molecular complexity index is 553. The van der Waals surface area contributed by atoms with Crippen LogP contribution in [0.5, 0.6) is 0 Å². The van der Waals surface area contributed by atoms with Gasteiger partial charge in [-0.1, -0.05) is 103 Å². The van der Waals surface area contributed by atoms with Crippen LogP contribution in [0.3, 0.4) is 0 Å². The van der Waals surface area contributed by atoms with Crippen LogP contribution in [0, 0.1) is 0 Å². The minimum Gasteiger partial charge on any atom is -1.00 e. The Labute approximate surface area is 243 Å². The van der Waals surface area contributed by atoms with Crippen LogP contribution in [0.1, 0.15) is 125 Å². The molecule has 32 heavy (non-hydrogen) atoms. The Balaban J connectivity index is -0.000000701. The van der Waals surface area contributed by atoms with Crippen molar-refractivity contribution in [2.24, 2.45) is 0 Å². The summed E-state index contributed by atoms with van der Waals surface area (Å²) in [5, 5.41) is 0. The van der Waals surface area contributed by atoms with Crippen molar-refractivity contribution < 1.29 is 93.4 Å². The molecule has 0 aromatic carbocycles. The summed E-state index contributed by atoms with van der Waals surface area (Å²) in [7, 11) is -4.82. The van der Waals surface area contributed by atoms with E-state index in [1.165, 1.54) is 83.5 Å². The Kier molecular flexibility index (Phi) is 30.9. The molecule has 0 saturated heterocycles. The molecule has 0 atom stereocenters. The second-order valence-electron chi connectivity index (χ2n) is 7.91. The summed E-state index contributed by atoms with van der Waals surface area (Å²) < 4.78 is 37.7. The van der Waals surface area contributed by atoms with Gasteiger partial charge in [0.1, 0.15) is 0 Å². The number of carbonyl (C=O) groups excluding carboxylic acids is 2. The Morgan fingerprint density at radius 3 is 1.38 bits per heavy atom. The number of esters is 1. The second-order valence-corrected chi connectivity index (χ2v) is 8.93. The average Bonchev–Trinajstić information content (AvgIpc) is 2.67. The number of hydrogen-bond donors (Lipinski definition) is 1. The SMILES string of the molecule is CCCCCCCCCCCCCCCCCCOC(=O)CCC(=O)OS(=O)(=O)O.[H-].[H-].[Na+].[Na+]. The first-order valence-electron chi connectivity index (χ1n) is 11.7. The molecule has 0 aliphatic carbocycles. The monoisotopic (exact) mass is 498 g/mol. The molecule has 0 bridgehead atoms. The van der Waals surface area contributed by atoms with Gasteiger partial charge >= 0.3 is 81.5 Å². The minimum atomic E-state index is -4.82. The van der Waals surface area contributed by atoms with Crippen molar-refractivity contribution in [3.05, 3.63) is 0 Å².